The molecule has 6 nitrogen and oxygen atoms in total. The molecule has 4 saturated carbocycles. The number of aromatic amines is 1. The van der Waals surface area contributed by atoms with Crippen molar-refractivity contribution in [2.75, 3.05) is 6.54 Å². The van der Waals surface area contributed by atoms with Crippen LogP contribution in [-0.4, -0.2) is 45.4 Å². The molecule has 4 N–H and O–H groups in total. The van der Waals surface area contributed by atoms with E-state index >= 15 is 0 Å². The van der Waals surface area contributed by atoms with Gasteiger partial charge in [-0.1, -0.05) is 6.92 Å². The SMILES string of the molecule is CCCN/N=C(\c1c(BO)cnc2[nH]ccc12)C1C2CC3CC1CC(O)(C3)C2. The van der Waals surface area contributed by atoms with E-state index in [0.717, 1.165) is 60.0 Å². The van der Waals surface area contributed by atoms with Gasteiger partial charge in [-0.3, -0.25) is 0 Å². The number of fused-ring (bicyclic) bond motifs is 1. The summed E-state index contributed by atoms with van der Waals surface area (Å²) in [5.74, 6) is 1.91. The largest absolute Gasteiger partial charge is 0.449 e. The summed E-state index contributed by atoms with van der Waals surface area (Å²) in [6.45, 7) is 2.96. The van der Waals surface area contributed by atoms with Gasteiger partial charge in [0.15, 0.2) is 0 Å². The summed E-state index contributed by atoms with van der Waals surface area (Å²) in [5, 5.41) is 27.0. The zero-order valence-corrected chi connectivity index (χ0v) is 16.5. The van der Waals surface area contributed by atoms with Crippen LogP contribution >= 0.6 is 0 Å². The van der Waals surface area contributed by atoms with Gasteiger partial charge in [-0.25, -0.2) is 4.98 Å². The van der Waals surface area contributed by atoms with Gasteiger partial charge in [0.2, 0.25) is 0 Å². The lowest BCUT2D eigenvalue weighted by molar-refractivity contribution is -0.137. The molecule has 4 fully saturated rings. The minimum Gasteiger partial charge on any atom is -0.449 e. The molecule has 0 radical (unpaired) electrons. The molecule has 2 heterocycles. The molecule has 0 aliphatic heterocycles. The van der Waals surface area contributed by atoms with Crippen LogP contribution in [0.4, 0.5) is 0 Å². The number of hydrazone groups is 1. The average Bonchev–Trinajstić information content (AvgIpc) is 3.13. The lowest BCUT2D eigenvalue weighted by Gasteiger charge is -2.58. The van der Waals surface area contributed by atoms with Gasteiger partial charge in [-0.2, -0.15) is 5.10 Å². The van der Waals surface area contributed by atoms with Crippen molar-refractivity contribution < 1.29 is 10.1 Å². The summed E-state index contributed by atoms with van der Waals surface area (Å²) in [6.07, 6.45) is 9.80. The molecule has 2 unspecified atom stereocenters. The number of H-pyrrole nitrogens is 1. The second kappa shape index (κ2) is 6.88. The van der Waals surface area contributed by atoms with E-state index < -0.39 is 5.60 Å². The second-order valence-electron chi connectivity index (χ2n) is 9.18. The molecule has 7 heteroatoms. The highest BCUT2D eigenvalue weighted by Gasteiger charge is 2.56. The van der Waals surface area contributed by atoms with E-state index in [1.54, 1.807) is 6.20 Å². The van der Waals surface area contributed by atoms with Crippen molar-refractivity contribution >= 4 is 29.7 Å². The minimum absolute atomic E-state index is 0.0507. The maximum Gasteiger partial charge on any atom is 0.307 e. The Balaban J connectivity index is 1.63. The predicted octanol–water partition coefficient (Wildman–Crippen LogP) is 1.42. The van der Waals surface area contributed by atoms with E-state index in [9.17, 15) is 10.1 Å². The van der Waals surface area contributed by atoms with Crippen molar-refractivity contribution in [2.45, 2.75) is 51.0 Å². The number of rotatable bonds is 6. The topological polar surface area (TPSA) is 93.5 Å². The molecule has 2 aromatic rings. The molecule has 0 amide bonds. The molecule has 0 spiro atoms. The molecule has 0 aromatic carbocycles. The fourth-order valence-electron chi connectivity index (χ4n) is 6.45. The first-order valence-corrected chi connectivity index (χ1v) is 10.7. The standard InChI is InChI=1S/C21H29BN4O2/c1-2-4-25-26-19(18-15-3-5-23-20(15)24-11-16(18)22-28)17-13-6-12-7-14(17)10-21(27,8-12)9-13/h3,5,11-14,17,22,25,27-28H,2,4,6-10H2,1H3,(H,23,24)/b26-19-. The average molecular weight is 380 g/mol. The summed E-state index contributed by atoms with van der Waals surface area (Å²) in [5.41, 5.74) is 6.56. The quantitative estimate of drug-likeness (QED) is 0.264. The van der Waals surface area contributed by atoms with Crippen LogP contribution in [0.3, 0.4) is 0 Å². The van der Waals surface area contributed by atoms with Crippen molar-refractivity contribution in [2.24, 2.45) is 28.8 Å². The number of hydrogen-bond donors (Lipinski definition) is 4. The van der Waals surface area contributed by atoms with Gasteiger partial charge in [0, 0.05) is 35.8 Å². The lowest BCUT2D eigenvalue weighted by atomic mass is 9.49. The summed E-state index contributed by atoms with van der Waals surface area (Å²) in [4.78, 5) is 7.67. The van der Waals surface area contributed by atoms with Gasteiger partial charge < -0.3 is 20.5 Å². The Kier molecular flexibility index (Phi) is 4.47. The molecule has 4 aliphatic rings. The summed E-state index contributed by atoms with van der Waals surface area (Å²) in [7, 11) is -0.0507. The number of hydrogen-bond acceptors (Lipinski definition) is 5. The van der Waals surface area contributed by atoms with E-state index in [2.05, 4.69) is 22.3 Å². The lowest BCUT2D eigenvalue weighted by Crippen LogP contribution is -2.57. The molecule has 6 rings (SSSR count). The zero-order chi connectivity index (χ0) is 19.3. The molecule has 4 aliphatic carbocycles. The third-order valence-electron chi connectivity index (χ3n) is 7.21. The molecule has 4 bridgehead atoms. The number of nitrogens with one attached hydrogen (secondary N) is 2. The van der Waals surface area contributed by atoms with E-state index in [1.807, 2.05) is 12.3 Å². The van der Waals surface area contributed by atoms with E-state index in [1.165, 1.54) is 12.8 Å². The zero-order valence-electron chi connectivity index (χ0n) is 16.5. The van der Waals surface area contributed by atoms with Crippen LogP contribution in [0.2, 0.25) is 0 Å². The Hall–Kier alpha value is -1.86. The Labute approximate surface area is 166 Å². The summed E-state index contributed by atoms with van der Waals surface area (Å²) in [6, 6.07) is 2.04. The fourth-order valence-corrected chi connectivity index (χ4v) is 6.45. The number of aromatic nitrogens is 2. The molecule has 2 atom stereocenters. The first-order valence-electron chi connectivity index (χ1n) is 10.7. The van der Waals surface area contributed by atoms with Crippen LogP contribution in [0.1, 0.15) is 51.0 Å². The van der Waals surface area contributed by atoms with E-state index in [-0.39, 0.29) is 7.48 Å². The van der Waals surface area contributed by atoms with Crippen LogP contribution in [-0.2, 0) is 0 Å². The minimum atomic E-state index is -0.462. The first-order chi connectivity index (χ1) is 13.6. The number of pyridine rings is 1. The van der Waals surface area contributed by atoms with Crippen molar-refractivity contribution in [3.8, 4) is 0 Å². The van der Waals surface area contributed by atoms with Crippen LogP contribution < -0.4 is 10.9 Å². The van der Waals surface area contributed by atoms with Crippen molar-refractivity contribution in [3.05, 3.63) is 24.0 Å². The van der Waals surface area contributed by atoms with Crippen LogP contribution in [0, 0.1) is 23.7 Å². The summed E-state index contributed by atoms with van der Waals surface area (Å²) < 4.78 is 0. The monoisotopic (exact) mass is 380 g/mol. The molecule has 28 heavy (non-hydrogen) atoms. The highest BCUT2D eigenvalue weighted by Crippen LogP contribution is 2.59. The van der Waals surface area contributed by atoms with Crippen molar-refractivity contribution in [3.63, 3.8) is 0 Å². The molecule has 2 aromatic heterocycles. The Morgan fingerprint density at radius 2 is 2.14 bits per heavy atom. The smallest absolute Gasteiger partial charge is 0.307 e. The molecular weight excluding hydrogens is 351 g/mol. The van der Waals surface area contributed by atoms with Gasteiger partial charge in [-0.15, -0.1) is 0 Å². The van der Waals surface area contributed by atoms with Crippen LogP contribution in [0.25, 0.3) is 11.0 Å². The van der Waals surface area contributed by atoms with Gasteiger partial charge in [0.25, 0.3) is 0 Å². The highest BCUT2D eigenvalue weighted by atomic mass is 16.3. The van der Waals surface area contributed by atoms with Gasteiger partial charge in [-0.05, 0) is 67.8 Å². The van der Waals surface area contributed by atoms with Gasteiger partial charge >= 0.3 is 7.48 Å². The van der Waals surface area contributed by atoms with E-state index in [4.69, 9.17) is 5.10 Å². The van der Waals surface area contributed by atoms with Gasteiger partial charge in [0.1, 0.15) is 5.65 Å². The predicted molar refractivity (Wildman–Crippen MR) is 112 cm³/mol. The Bertz CT molecular complexity index is 895. The maximum atomic E-state index is 11.0. The first kappa shape index (κ1) is 18.2. The third-order valence-corrected chi connectivity index (χ3v) is 7.21. The second-order valence-corrected chi connectivity index (χ2v) is 9.18. The normalized spacial score (nSPS) is 34.2. The van der Waals surface area contributed by atoms with Crippen LogP contribution in [0.5, 0.6) is 0 Å². The van der Waals surface area contributed by atoms with Gasteiger partial charge in [0.05, 0.1) is 11.3 Å². The Morgan fingerprint density at radius 3 is 2.82 bits per heavy atom. The number of nitrogens with zero attached hydrogens (tertiary/aromatic N) is 2. The molecule has 0 saturated heterocycles. The fraction of sp³-hybridized carbons (Fsp3) is 0.619. The summed E-state index contributed by atoms with van der Waals surface area (Å²) >= 11 is 0. The molecule has 148 valence electrons. The number of aliphatic hydroxyl groups is 1. The maximum absolute atomic E-state index is 11.0. The third kappa shape index (κ3) is 2.87. The Morgan fingerprint density at radius 1 is 1.36 bits per heavy atom. The molecular formula is C21H29BN4O2. The van der Waals surface area contributed by atoms with Crippen molar-refractivity contribution in [1.82, 2.24) is 15.4 Å². The van der Waals surface area contributed by atoms with E-state index in [0.29, 0.717) is 23.7 Å². The van der Waals surface area contributed by atoms with Crippen molar-refractivity contribution in [1.29, 1.82) is 0 Å². The highest BCUT2D eigenvalue weighted by molar-refractivity contribution is 6.49. The van der Waals surface area contributed by atoms with Crippen LogP contribution in [0.15, 0.2) is 23.6 Å².